The highest BCUT2D eigenvalue weighted by molar-refractivity contribution is 6.00. The number of nitrogens with zero attached hydrogens (tertiary/aromatic N) is 3. The molecule has 0 fully saturated rings. The van der Waals surface area contributed by atoms with Crippen molar-refractivity contribution in [3.63, 3.8) is 0 Å². The van der Waals surface area contributed by atoms with Crippen LogP contribution in [-0.4, -0.2) is 39.6 Å². The number of hydrogen-bond donors (Lipinski definition) is 2. The predicted molar refractivity (Wildman–Crippen MR) is 78.5 cm³/mol. The molecule has 2 aromatic rings. The van der Waals surface area contributed by atoms with Crippen LogP contribution in [0.2, 0.25) is 0 Å². The van der Waals surface area contributed by atoms with Gasteiger partial charge in [0.1, 0.15) is 12.1 Å². The van der Waals surface area contributed by atoms with Gasteiger partial charge in [0.2, 0.25) is 11.9 Å². The molecule has 0 aliphatic carbocycles. The van der Waals surface area contributed by atoms with Crippen molar-refractivity contribution >= 4 is 23.5 Å². The SMILES string of the molecule is C[C@@H]1Oc2ccccc2N(CCC(=O)Nc2ncn[nH]2)C1=O. The Morgan fingerprint density at radius 1 is 1.45 bits per heavy atom. The van der Waals surface area contributed by atoms with Gasteiger partial charge in [-0.1, -0.05) is 12.1 Å². The van der Waals surface area contributed by atoms with Gasteiger partial charge in [-0.2, -0.15) is 10.1 Å². The Bertz CT molecular complexity index is 686. The summed E-state index contributed by atoms with van der Waals surface area (Å²) in [6, 6.07) is 7.27. The van der Waals surface area contributed by atoms with Gasteiger partial charge in [0.15, 0.2) is 6.10 Å². The number of carbonyl (C=O) groups excluding carboxylic acids is 2. The van der Waals surface area contributed by atoms with Crippen molar-refractivity contribution in [2.24, 2.45) is 0 Å². The van der Waals surface area contributed by atoms with Gasteiger partial charge in [-0.3, -0.25) is 14.9 Å². The van der Waals surface area contributed by atoms with Crippen molar-refractivity contribution in [2.75, 3.05) is 16.8 Å². The summed E-state index contributed by atoms with van der Waals surface area (Å²) in [5.41, 5.74) is 0.679. The molecule has 0 saturated carbocycles. The van der Waals surface area contributed by atoms with Gasteiger partial charge >= 0.3 is 0 Å². The molecule has 0 unspecified atom stereocenters. The van der Waals surface area contributed by atoms with E-state index in [1.807, 2.05) is 12.1 Å². The molecule has 8 nitrogen and oxygen atoms in total. The molecule has 1 aliphatic rings. The maximum absolute atomic E-state index is 12.3. The number of hydrogen-bond acceptors (Lipinski definition) is 5. The number of aromatic amines is 1. The fourth-order valence-electron chi connectivity index (χ4n) is 2.26. The zero-order chi connectivity index (χ0) is 15.5. The summed E-state index contributed by atoms with van der Waals surface area (Å²) < 4.78 is 5.55. The van der Waals surface area contributed by atoms with Crippen molar-refractivity contribution in [2.45, 2.75) is 19.4 Å². The molecule has 8 heteroatoms. The van der Waals surface area contributed by atoms with E-state index in [1.54, 1.807) is 24.0 Å². The van der Waals surface area contributed by atoms with Crippen molar-refractivity contribution < 1.29 is 14.3 Å². The fourth-order valence-corrected chi connectivity index (χ4v) is 2.26. The number of para-hydroxylation sites is 2. The smallest absolute Gasteiger partial charge is 0.267 e. The van der Waals surface area contributed by atoms with E-state index in [4.69, 9.17) is 4.74 Å². The maximum Gasteiger partial charge on any atom is 0.267 e. The second kappa shape index (κ2) is 5.84. The standard InChI is InChI=1S/C14H15N5O3/c1-9-13(21)19(10-4-2-3-5-11(10)22-9)7-6-12(20)17-14-15-8-16-18-14/h2-5,8-9H,6-7H2,1H3,(H2,15,16,17,18,20)/t9-/m0/s1. The molecule has 1 aromatic carbocycles. The lowest BCUT2D eigenvalue weighted by atomic mass is 10.1. The minimum absolute atomic E-state index is 0.146. The van der Waals surface area contributed by atoms with E-state index in [0.717, 1.165) is 0 Å². The lowest BCUT2D eigenvalue weighted by molar-refractivity contribution is -0.125. The molecule has 0 radical (unpaired) electrons. The van der Waals surface area contributed by atoms with Gasteiger partial charge in [-0.05, 0) is 19.1 Å². The largest absolute Gasteiger partial charge is 0.479 e. The van der Waals surface area contributed by atoms with Crippen LogP contribution in [0.25, 0.3) is 0 Å². The average Bonchev–Trinajstić information content (AvgIpc) is 3.00. The normalized spacial score (nSPS) is 16.9. The van der Waals surface area contributed by atoms with E-state index < -0.39 is 6.10 Å². The molecule has 114 valence electrons. The van der Waals surface area contributed by atoms with Gasteiger partial charge in [-0.15, -0.1) is 0 Å². The summed E-state index contributed by atoms with van der Waals surface area (Å²) in [5.74, 6) is 0.518. The third kappa shape index (κ3) is 2.76. The summed E-state index contributed by atoms with van der Waals surface area (Å²) in [6.45, 7) is 1.96. The van der Waals surface area contributed by atoms with E-state index >= 15 is 0 Å². The monoisotopic (exact) mass is 301 g/mol. The zero-order valence-corrected chi connectivity index (χ0v) is 11.9. The molecule has 2 N–H and O–H groups in total. The number of nitrogens with one attached hydrogen (secondary N) is 2. The number of benzene rings is 1. The van der Waals surface area contributed by atoms with Gasteiger partial charge in [0, 0.05) is 13.0 Å². The summed E-state index contributed by atoms with van der Waals surface area (Å²) in [7, 11) is 0. The lowest BCUT2D eigenvalue weighted by Gasteiger charge is -2.32. The van der Waals surface area contributed by atoms with Crippen LogP contribution in [0, 0.1) is 0 Å². The highest BCUT2D eigenvalue weighted by Crippen LogP contribution is 2.33. The second-order valence-corrected chi connectivity index (χ2v) is 4.85. The zero-order valence-electron chi connectivity index (χ0n) is 11.9. The first-order chi connectivity index (χ1) is 10.6. The Labute approximate surface area is 126 Å². The molecular formula is C14H15N5O3. The first-order valence-electron chi connectivity index (χ1n) is 6.87. The van der Waals surface area contributed by atoms with Crippen molar-refractivity contribution in [3.05, 3.63) is 30.6 Å². The van der Waals surface area contributed by atoms with Gasteiger partial charge in [0.25, 0.3) is 5.91 Å². The van der Waals surface area contributed by atoms with E-state index in [1.165, 1.54) is 6.33 Å². The molecule has 1 atom stereocenters. The first-order valence-corrected chi connectivity index (χ1v) is 6.87. The van der Waals surface area contributed by atoms with Gasteiger partial charge in [-0.25, -0.2) is 5.10 Å². The van der Waals surface area contributed by atoms with E-state index in [2.05, 4.69) is 20.5 Å². The number of anilines is 2. The van der Waals surface area contributed by atoms with Crippen LogP contribution in [-0.2, 0) is 9.59 Å². The Hall–Kier alpha value is -2.90. The number of carbonyl (C=O) groups is 2. The predicted octanol–water partition coefficient (Wildman–Crippen LogP) is 0.947. The molecule has 1 aliphatic heterocycles. The van der Waals surface area contributed by atoms with Crippen LogP contribution in [0.4, 0.5) is 11.6 Å². The molecule has 2 amide bonds. The van der Waals surface area contributed by atoms with Crippen LogP contribution in [0.5, 0.6) is 5.75 Å². The van der Waals surface area contributed by atoms with Gasteiger partial charge in [0.05, 0.1) is 5.69 Å². The molecule has 3 rings (SSSR count). The molecular weight excluding hydrogens is 286 g/mol. The highest BCUT2D eigenvalue weighted by atomic mass is 16.5. The van der Waals surface area contributed by atoms with Crippen LogP contribution >= 0.6 is 0 Å². The minimum atomic E-state index is -0.563. The van der Waals surface area contributed by atoms with Crippen molar-refractivity contribution in [1.29, 1.82) is 0 Å². The van der Waals surface area contributed by atoms with Crippen molar-refractivity contribution in [1.82, 2.24) is 15.2 Å². The summed E-state index contributed by atoms with van der Waals surface area (Å²) >= 11 is 0. The molecule has 0 bridgehead atoms. The fraction of sp³-hybridized carbons (Fsp3) is 0.286. The quantitative estimate of drug-likeness (QED) is 0.875. The van der Waals surface area contributed by atoms with Crippen LogP contribution in [0.3, 0.4) is 0 Å². The second-order valence-electron chi connectivity index (χ2n) is 4.85. The van der Waals surface area contributed by atoms with Crippen molar-refractivity contribution in [3.8, 4) is 5.75 Å². The number of amides is 2. The highest BCUT2D eigenvalue weighted by Gasteiger charge is 2.31. The number of rotatable bonds is 4. The minimum Gasteiger partial charge on any atom is -0.479 e. The molecule has 1 aromatic heterocycles. The van der Waals surface area contributed by atoms with E-state index in [-0.39, 0.29) is 30.7 Å². The topological polar surface area (TPSA) is 100 Å². The molecule has 0 spiro atoms. The number of H-pyrrole nitrogens is 1. The van der Waals surface area contributed by atoms with Crippen LogP contribution in [0.15, 0.2) is 30.6 Å². The average molecular weight is 301 g/mol. The number of ether oxygens (including phenoxy) is 1. The Morgan fingerprint density at radius 2 is 2.27 bits per heavy atom. The third-order valence-corrected chi connectivity index (χ3v) is 3.31. The Kier molecular flexibility index (Phi) is 3.73. The van der Waals surface area contributed by atoms with Crippen LogP contribution < -0.4 is 15.0 Å². The summed E-state index contributed by atoms with van der Waals surface area (Å²) in [4.78, 5) is 29.5. The molecule has 2 heterocycles. The summed E-state index contributed by atoms with van der Waals surface area (Å²) in [5, 5.41) is 8.76. The lowest BCUT2D eigenvalue weighted by Crippen LogP contribution is -2.45. The van der Waals surface area contributed by atoms with Gasteiger partial charge < -0.3 is 9.64 Å². The van der Waals surface area contributed by atoms with E-state index in [0.29, 0.717) is 11.4 Å². The first kappa shape index (κ1) is 14.1. The molecule has 0 saturated heterocycles. The van der Waals surface area contributed by atoms with Crippen LogP contribution in [0.1, 0.15) is 13.3 Å². The third-order valence-electron chi connectivity index (χ3n) is 3.31. The maximum atomic E-state index is 12.3. The van der Waals surface area contributed by atoms with E-state index in [9.17, 15) is 9.59 Å². The number of aromatic nitrogens is 3. The number of fused-ring (bicyclic) bond motifs is 1. The summed E-state index contributed by atoms with van der Waals surface area (Å²) in [6.07, 6.45) is 0.888. The Morgan fingerprint density at radius 3 is 3.05 bits per heavy atom. The molecule has 22 heavy (non-hydrogen) atoms. The Balaban J connectivity index is 1.68.